The lowest BCUT2D eigenvalue weighted by molar-refractivity contribution is 0.0599. The molecule has 1 fully saturated rings. The first-order chi connectivity index (χ1) is 11.9. The molecule has 4 nitrogen and oxygen atoms in total. The number of aryl methyl sites for hydroxylation is 3. The van der Waals surface area contributed by atoms with Gasteiger partial charge in [-0.05, 0) is 51.8 Å². The highest BCUT2D eigenvalue weighted by Crippen LogP contribution is 2.30. The third-order valence-electron chi connectivity index (χ3n) is 5.08. The lowest BCUT2D eigenvalue weighted by Gasteiger charge is -2.36. The average molecular weight is 358 g/mol. The van der Waals surface area contributed by atoms with E-state index in [-0.39, 0.29) is 5.91 Å². The van der Waals surface area contributed by atoms with Crippen molar-refractivity contribution >= 4 is 17.2 Å². The smallest absolute Gasteiger partial charge is 0.265 e. The molecule has 2 heterocycles. The first-order valence-corrected chi connectivity index (χ1v) is 9.77. The fraction of sp³-hybridized carbons (Fsp3) is 0.500. The molecule has 3 rings (SSSR count). The minimum atomic E-state index is 0.133. The van der Waals surface area contributed by atoms with Gasteiger partial charge in [0, 0.05) is 37.8 Å². The van der Waals surface area contributed by atoms with Gasteiger partial charge in [0.1, 0.15) is 9.88 Å². The minimum Gasteiger partial charge on any atom is -0.335 e. The van der Waals surface area contributed by atoms with Crippen molar-refractivity contribution in [1.29, 1.82) is 0 Å². The van der Waals surface area contributed by atoms with Crippen molar-refractivity contribution < 1.29 is 4.79 Å². The van der Waals surface area contributed by atoms with Gasteiger partial charge in [-0.1, -0.05) is 12.1 Å². The number of hydrogen-bond acceptors (Lipinski definition) is 4. The highest BCUT2D eigenvalue weighted by molar-refractivity contribution is 7.17. The lowest BCUT2D eigenvalue weighted by Crippen LogP contribution is -2.50. The molecule has 0 atom stereocenters. The maximum Gasteiger partial charge on any atom is 0.265 e. The number of piperazine rings is 1. The number of thiazole rings is 1. The van der Waals surface area contributed by atoms with E-state index < -0.39 is 0 Å². The fourth-order valence-corrected chi connectivity index (χ4v) is 4.21. The van der Waals surface area contributed by atoms with Gasteiger partial charge in [-0.2, -0.15) is 0 Å². The summed E-state index contributed by atoms with van der Waals surface area (Å²) in [6, 6.07) is 6.91. The normalized spacial score (nSPS) is 15.8. The summed E-state index contributed by atoms with van der Waals surface area (Å²) in [6.07, 6.45) is 0. The van der Waals surface area contributed by atoms with Crippen LogP contribution in [0.25, 0.3) is 10.6 Å². The molecule has 0 unspecified atom stereocenters. The van der Waals surface area contributed by atoms with Crippen molar-refractivity contribution in [3.8, 4) is 10.6 Å². The Balaban J connectivity index is 1.78. The summed E-state index contributed by atoms with van der Waals surface area (Å²) in [6.45, 7) is 14.1. The van der Waals surface area contributed by atoms with Crippen LogP contribution in [-0.2, 0) is 0 Å². The van der Waals surface area contributed by atoms with E-state index in [9.17, 15) is 4.79 Å². The van der Waals surface area contributed by atoms with E-state index in [0.29, 0.717) is 6.04 Å². The zero-order chi connectivity index (χ0) is 18.1. The summed E-state index contributed by atoms with van der Waals surface area (Å²) < 4.78 is 0. The van der Waals surface area contributed by atoms with Gasteiger partial charge < -0.3 is 4.90 Å². The number of carbonyl (C=O) groups is 1. The predicted molar refractivity (Wildman–Crippen MR) is 104 cm³/mol. The second-order valence-electron chi connectivity index (χ2n) is 7.15. The van der Waals surface area contributed by atoms with Crippen LogP contribution in [0.5, 0.6) is 0 Å². The standard InChI is InChI=1S/C20H27N3OS/c1-13(2)22-8-10-23(11-9-22)20(24)18-16(5)21-19(25-18)17-7-6-14(3)15(4)12-17/h6-7,12-13H,8-11H2,1-5H3. The number of rotatable bonds is 3. The van der Waals surface area contributed by atoms with Crippen LogP contribution >= 0.6 is 11.3 Å². The van der Waals surface area contributed by atoms with Crippen LogP contribution in [0.2, 0.25) is 0 Å². The molecule has 134 valence electrons. The quantitative estimate of drug-likeness (QED) is 0.836. The summed E-state index contributed by atoms with van der Waals surface area (Å²) in [5.74, 6) is 0.133. The van der Waals surface area contributed by atoms with Gasteiger partial charge in [-0.25, -0.2) is 4.98 Å². The summed E-state index contributed by atoms with van der Waals surface area (Å²) >= 11 is 1.52. The van der Waals surface area contributed by atoms with E-state index >= 15 is 0 Å². The molecule has 1 amide bonds. The third-order valence-corrected chi connectivity index (χ3v) is 6.27. The third kappa shape index (κ3) is 3.77. The zero-order valence-corrected chi connectivity index (χ0v) is 16.6. The van der Waals surface area contributed by atoms with Gasteiger partial charge in [0.2, 0.25) is 0 Å². The Morgan fingerprint density at radius 2 is 1.76 bits per heavy atom. The van der Waals surface area contributed by atoms with E-state index in [1.54, 1.807) is 0 Å². The second kappa shape index (κ2) is 7.26. The number of amides is 1. The molecule has 0 spiro atoms. The molecule has 0 radical (unpaired) electrons. The maximum absolute atomic E-state index is 12.9. The van der Waals surface area contributed by atoms with Gasteiger partial charge in [-0.15, -0.1) is 11.3 Å². The van der Waals surface area contributed by atoms with Crippen LogP contribution in [0, 0.1) is 20.8 Å². The average Bonchev–Trinajstić information content (AvgIpc) is 2.98. The molecular formula is C20H27N3OS. The van der Waals surface area contributed by atoms with Gasteiger partial charge in [-0.3, -0.25) is 9.69 Å². The van der Waals surface area contributed by atoms with Gasteiger partial charge in [0.05, 0.1) is 5.69 Å². The predicted octanol–water partition coefficient (Wildman–Crippen LogP) is 3.90. The topological polar surface area (TPSA) is 36.4 Å². The van der Waals surface area contributed by atoms with E-state index in [2.05, 4.69) is 55.8 Å². The Bertz CT molecular complexity index is 773. The number of benzene rings is 1. The summed E-state index contributed by atoms with van der Waals surface area (Å²) in [5.41, 5.74) is 4.47. The highest BCUT2D eigenvalue weighted by Gasteiger charge is 2.26. The molecule has 1 aromatic heterocycles. The highest BCUT2D eigenvalue weighted by atomic mass is 32.1. The van der Waals surface area contributed by atoms with Crippen LogP contribution < -0.4 is 0 Å². The molecular weight excluding hydrogens is 330 g/mol. The Hall–Kier alpha value is -1.72. The van der Waals surface area contributed by atoms with Gasteiger partial charge >= 0.3 is 0 Å². The molecule has 0 saturated carbocycles. The molecule has 5 heteroatoms. The minimum absolute atomic E-state index is 0.133. The molecule has 0 aliphatic carbocycles. The van der Waals surface area contributed by atoms with Crippen LogP contribution in [0.3, 0.4) is 0 Å². The Labute approximate surface area is 154 Å². The summed E-state index contributed by atoms with van der Waals surface area (Å²) in [5, 5.41) is 0.935. The SMILES string of the molecule is Cc1ccc(-c2nc(C)c(C(=O)N3CCN(C(C)C)CC3)s2)cc1C. The second-order valence-corrected chi connectivity index (χ2v) is 8.15. The number of carbonyl (C=O) groups excluding carboxylic acids is 1. The van der Waals surface area contributed by atoms with Crippen molar-refractivity contribution in [2.24, 2.45) is 0 Å². The van der Waals surface area contributed by atoms with Crippen LogP contribution in [0.4, 0.5) is 0 Å². The first-order valence-electron chi connectivity index (χ1n) is 8.95. The number of nitrogens with zero attached hydrogens (tertiary/aromatic N) is 3. The van der Waals surface area contributed by atoms with Gasteiger partial charge in [0.25, 0.3) is 5.91 Å². The molecule has 25 heavy (non-hydrogen) atoms. The van der Waals surface area contributed by atoms with E-state index in [4.69, 9.17) is 0 Å². The van der Waals surface area contributed by atoms with E-state index in [1.165, 1.54) is 22.5 Å². The molecule has 0 bridgehead atoms. The van der Waals surface area contributed by atoms with Crippen molar-refractivity contribution in [3.63, 3.8) is 0 Å². The van der Waals surface area contributed by atoms with Crippen LogP contribution in [-0.4, -0.2) is 52.9 Å². The first kappa shape index (κ1) is 18.1. The van der Waals surface area contributed by atoms with Crippen LogP contribution in [0.15, 0.2) is 18.2 Å². The number of aromatic nitrogens is 1. The lowest BCUT2D eigenvalue weighted by atomic mass is 10.1. The molecule has 2 aromatic rings. The molecule has 1 saturated heterocycles. The Kier molecular flexibility index (Phi) is 5.25. The summed E-state index contributed by atoms with van der Waals surface area (Å²) in [7, 11) is 0. The van der Waals surface area contributed by atoms with Crippen LogP contribution in [0.1, 0.15) is 40.3 Å². The van der Waals surface area contributed by atoms with Crippen molar-refractivity contribution in [1.82, 2.24) is 14.8 Å². The largest absolute Gasteiger partial charge is 0.335 e. The Morgan fingerprint density at radius 3 is 2.36 bits per heavy atom. The zero-order valence-electron chi connectivity index (χ0n) is 15.8. The summed E-state index contributed by atoms with van der Waals surface area (Å²) in [4.78, 5) is 22.8. The maximum atomic E-state index is 12.9. The fourth-order valence-electron chi connectivity index (χ4n) is 3.18. The molecule has 1 aromatic carbocycles. The molecule has 1 aliphatic rings. The van der Waals surface area contributed by atoms with Crippen molar-refractivity contribution in [2.45, 2.75) is 40.7 Å². The van der Waals surface area contributed by atoms with Crippen molar-refractivity contribution in [3.05, 3.63) is 39.9 Å². The number of hydrogen-bond donors (Lipinski definition) is 0. The Morgan fingerprint density at radius 1 is 1.08 bits per heavy atom. The molecule has 1 aliphatic heterocycles. The van der Waals surface area contributed by atoms with E-state index in [1.807, 2.05) is 11.8 Å². The van der Waals surface area contributed by atoms with Crippen molar-refractivity contribution in [2.75, 3.05) is 26.2 Å². The van der Waals surface area contributed by atoms with E-state index in [0.717, 1.165) is 47.3 Å². The molecule has 0 N–H and O–H groups in total. The monoisotopic (exact) mass is 357 g/mol. The van der Waals surface area contributed by atoms with Gasteiger partial charge in [0.15, 0.2) is 0 Å².